The minimum absolute atomic E-state index is 1.08. The van der Waals surface area contributed by atoms with Crippen LogP contribution in [0.5, 0.6) is 0 Å². The highest BCUT2D eigenvalue weighted by Gasteiger charge is 2.14. The zero-order valence-electron chi connectivity index (χ0n) is 7.79. The summed E-state index contributed by atoms with van der Waals surface area (Å²) in [5.74, 6) is 0. The van der Waals surface area contributed by atoms with Crippen molar-refractivity contribution in [3.63, 3.8) is 0 Å². The van der Waals surface area contributed by atoms with Gasteiger partial charge in [-0.3, -0.25) is 0 Å². The number of nitrogens with one attached hydrogen (secondary N) is 1. The first-order valence-electron chi connectivity index (χ1n) is 4.83. The van der Waals surface area contributed by atoms with E-state index in [0.717, 1.165) is 13.0 Å². The first kappa shape index (κ1) is 8.06. The molecule has 0 aliphatic carbocycles. The highest BCUT2D eigenvalue weighted by molar-refractivity contribution is 7.08. The van der Waals surface area contributed by atoms with Crippen molar-refractivity contribution in [3.8, 4) is 11.1 Å². The van der Waals surface area contributed by atoms with E-state index in [0.29, 0.717) is 0 Å². The smallest absolute Gasteiger partial charge is 0.0379 e. The van der Waals surface area contributed by atoms with Crippen LogP contribution < -0.4 is 5.32 Å². The van der Waals surface area contributed by atoms with Crippen molar-refractivity contribution in [2.45, 2.75) is 6.42 Å². The molecule has 70 valence electrons. The molecular formula is C12H11NS. The van der Waals surface area contributed by atoms with E-state index >= 15 is 0 Å². The second-order valence-corrected chi connectivity index (χ2v) is 4.30. The van der Waals surface area contributed by atoms with Gasteiger partial charge in [-0.25, -0.2) is 0 Å². The van der Waals surface area contributed by atoms with Gasteiger partial charge in [0.25, 0.3) is 0 Å². The third kappa shape index (κ3) is 1.15. The molecule has 2 aromatic rings. The molecule has 0 radical (unpaired) electrons. The minimum atomic E-state index is 1.08. The summed E-state index contributed by atoms with van der Waals surface area (Å²) in [6.45, 7) is 1.08. The average Bonchev–Trinajstić information content (AvgIpc) is 2.88. The van der Waals surface area contributed by atoms with Gasteiger partial charge in [-0.1, -0.05) is 12.1 Å². The Labute approximate surface area is 87.4 Å². The Morgan fingerprint density at radius 3 is 3.07 bits per heavy atom. The maximum Gasteiger partial charge on any atom is 0.0379 e. The Morgan fingerprint density at radius 2 is 2.21 bits per heavy atom. The number of rotatable bonds is 1. The van der Waals surface area contributed by atoms with Gasteiger partial charge in [0.2, 0.25) is 0 Å². The summed E-state index contributed by atoms with van der Waals surface area (Å²) >= 11 is 1.76. The van der Waals surface area contributed by atoms with Crippen molar-refractivity contribution in [1.82, 2.24) is 0 Å². The highest BCUT2D eigenvalue weighted by Crippen LogP contribution is 2.33. The molecule has 0 saturated carbocycles. The zero-order chi connectivity index (χ0) is 9.38. The summed E-state index contributed by atoms with van der Waals surface area (Å²) in [5, 5.41) is 7.76. The molecule has 1 nitrogen and oxygen atoms in total. The monoisotopic (exact) mass is 201 g/mol. The zero-order valence-corrected chi connectivity index (χ0v) is 8.60. The number of benzene rings is 1. The maximum atomic E-state index is 3.41. The van der Waals surface area contributed by atoms with E-state index in [1.165, 1.54) is 22.4 Å². The van der Waals surface area contributed by atoms with Gasteiger partial charge in [-0.15, -0.1) is 0 Å². The molecule has 1 N–H and O–H groups in total. The molecule has 0 spiro atoms. The summed E-state index contributed by atoms with van der Waals surface area (Å²) in [4.78, 5) is 0. The first-order valence-corrected chi connectivity index (χ1v) is 5.78. The average molecular weight is 201 g/mol. The molecule has 3 rings (SSSR count). The minimum Gasteiger partial charge on any atom is -0.384 e. The second kappa shape index (κ2) is 3.14. The molecule has 0 bridgehead atoms. The van der Waals surface area contributed by atoms with Crippen LogP contribution in [0.3, 0.4) is 0 Å². The molecule has 0 fully saturated rings. The summed E-state index contributed by atoms with van der Waals surface area (Å²) in [7, 11) is 0. The standard InChI is InChI=1S/C12H11NS/c1-2-10(9-5-7-14-8-9)11-4-6-13-12(11)3-1/h1-3,5,7-8,13H,4,6H2. The second-order valence-electron chi connectivity index (χ2n) is 3.52. The Bertz CT molecular complexity index is 445. The Kier molecular flexibility index (Phi) is 1.81. The van der Waals surface area contributed by atoms with E-state index in [-0.39, 0.29) is 0 Å². The van der Waals surface area contributed by atoms with Gasteiger partial charge in [0.1, 0.15) is 0 Å². The normalized spacial score (nSPS) is 13.7. The molecule has 1 aromatic carbocycles. The van der Waals surface area contributed by atoms with Crippen molar-refractivity contribution < 1.29 is 0 Å². The lowest BCUT2D eigenvalue weighted by atomic mass is 10.0. The van der Waals surface area contributed by atoms with Gasteiger partial charge in [0.05, 0.1) is 0 Å². The topological polar surface area (TPSA) is 12.0 Å². The summed E-state index contributed by atoms with van der Waals surface area (Å²) in [5.41, 5.74) is 5.55. The van der Waals surface area contributed by atoms with E-state index < -0.39 is 0 Å². The lowest BCUT2D eigenvalue weighted by Crippen LogP contribution is -1.90. The molecule has 1 aromatic heterocycles. The van der Waals surface area contributed by atoms with E-state index in [1.807, 2.05) is 0 Å². The Morgan fingerprint density at radius 1 is 1.21 bits per heavy atom. The van der Waals surface area contributed by atoms with Gasteiger partial charge in [-0.05, 0) is 46.0 Å². The maximum absolute atomic E-state index is 3.41. The first-order chi connectivity index (χ1) is 6.95. The molecule has 2 heteroatoms. The molecule has 0 atom stereocenters. The summed E-state index contributed by atoms with van der Waals surface area (Å²) < 4.78 is 0. The van der Waals surface area contributed by atoms with Gasteiger partial charge in [-0.2, -0.15) is 11.3 Å². The fraction of sp³-hybridized carbons (Fsp3) is 0.167. The number of thiophene rings is 1. The van der Waals surface area contributed by atoms with Crippen LogP contribution in [0.4, 0.5) is 5.69 Å². The number of hydrogen-bond donors (Lipinski definition) is 1. The van der Waals surface area contributed by atoms with E-state index in [2.05, 4.69) is 40.3 Å². The van der Waals surface area contributed by atoms with Crippen LogP contribution in [0.25, 0.3) is 11.1 Å². The molecule has 0 unspecified atom stereocenters. The van der Waals surface area contributed by atoms with E-state index in [1.54, 1.807) is 11.3 Å². The van der Waals surface area contributed by atoms with Crippen molar-refractivity contribution in [1.29, 1.82) is 0 Å². The number of hydrogen-bond acceptors (Lipinski definition) is 2. The molecule has 0 amide bonds. The lowest BCUT2D eigenvalue weighted by molar-refractivity contribution is 1.11. The van der Waals surface area contributed by atoms with Gasteiger partial charge < -0.3 is 5.32 Å². The number of anilines is 1. The molecule has 1 aliphatic heterocycles. The van der Waals surface area contributed by atoms with Crippen LogP contribution >= 0.6 is 11.3 Å². The fourth-order valence-electron chi connectivity index (χ4n) is 2.03. The van der Waals surface area contributed by atoms with Crippen LogP contribution in [0.2, 0.25) is 0 Å². The third-order valence-corrected chi connectivity index (χ3v) is 3.38. The Hall–Kier alpha value is -1.28. The van der Waals surface area contributed by atoms with Gasteiger partial charge in [0.15, 0.2) is 0 Å². The predicted molar refractivity (Wildman–Crippen MR) is 61.9 cm³/mol. The largest absolute Gasteiger partial charge is 0.384 e. The molecule has 0 saturated heterocycles. The molecule has 2 heterocycles. The number of fused-ring (bicyclic) bond motifs is 1. The lowest BCUT2D eigenvalue weighted by Gasteiger charge is -2.05. The SMILES string of the molecule is c1cc2c(c(-c3ccsc3)c1)CCN2. The van der Waals surface area contributed by atoms with Crippen molar-refractivity contribution in [2.75, 3.05) is 11.9 Å². The van der Waals surface area contributed by atoms with Crippen molar-refractivity contribution in [2.24, 2.45) is 0 Å². The third-order valence-electron chi connectivity index (χ3n) is 2.70. The van der Waals surface area contributed by atoms with Crippen LogP contribution in [-0.2, 0) is 6.42 Å². The molecular weight excluding hydrogens is 190 g/mol. The van der Waals surface area contributed by atoms with Crippen LogP contribution in [-0.4, -0.2) is 6.54 Å². The van der Waals surface area contributed by atoms with Crippen LogP contribution in [0.1, 0.15) is 5.56 Å². The van der Waals surface area contributed by atoms with E-state index in [9.17, 15) is 0 Å². The van der Waals surface area contributed by atoms with E-state index in [4.69, 9.17) is 0 Å². The quantitative estimate of drug-likeness (QED) is 0.745. The molecule has 1 aliphatic rings. The van der Waals surface area contributed by atoms with Gasteiger partial charge in [0, 0.05) is 12.2 Å². The predicted octanol–water partition coefficient (Wildman–Crippen LogP) is 3.38. The molecule has 14 heavy (non-hydrogen) atoms. The van der Waals surface area contributed by atoms with Crippen LogP contribution in [0, 0.1) is 0 Å². The summed E-state index contributed by atoms with van der Waals surface area (Å²) in [6, 6.07) is 8.70. The van der Waals surface area contributed by atoms with Crippen molar-refractivity contribution >= 4 is 17.0 Å². The summed E-state index contributed by atoms with van der Waals surface area (Å²) in [6.07, 6.45) is 1.15. The van der Waals surface area contributed by atoms with Gasteiger partial charge >= 0.3 is 0 Å². The van der Waals surface area contributed by atoms with Crippen LogP contribution in [0.15, 0.2) is 35.0 Å². The highest BCUT2D eigenvalue weighted by atomic mass is 32.1. The Balaban J connectivity index is 2.20. The fourth-order valence-corrected chi connectivity index (χ4v) is 2.69. The van der Waals surface area contributed by atoms with Crippen molar-refractivity contribution in [3.05, 3.63) is 40.6 Å².